The van der Waals surface area contributed by atoms with E-state index in [9.17, 15) is 5.11 Å². The number of aliphatic imine (C=N–C) groups is 1. The standard InChI is InChI=1S/C9H20N2O2/c1-3-8(12)4-5-9(13-2)6-11-7-10/h7-9,12H,3-6H2,1-2H3,(H2,10,11)/t8-,9?/m1/s1. The fraction of sp³-hybridized carbons (Fsp3) is 0.889. The van der Waals surface area contributed by atoms with Crippen molar-refractivity contribution in [2.45, 2.75) is 38.4 Å². The van der Waals surface area contributed by atoms with Gasteiger partial charge in [0.25, 0.3) is 0 Å². The largest absolute Gasteiger partial charge is 0.393 e. The summed E-state index contributed by atoms with van der Waals surface area (Å²) in [4.78, 5) is 3.89. The second-order valence-electron chi connectivity index (χ2n) is 3.01. The van der Waals surface area contributed by atoms with E-state index in [2.05, 4.69) is 4.99 Å². The van der Waals surface area contributed by atoms with Crippen molar-refractivity contribution in [1.29, 1.82) is 0 Å². The van der Waals surface area contributed by atoms with Gasteiger partial charge in [-0.25, -0.2) is 0 Å². The minimum atomic E-state index is -0.223. The van der Waals surface area contributed by atoms with Gasteiger partial charge in [-0.3, -0.25) is 4.99 Å². The Bertz CT molecular complexity index is 140. The first-order chi connectivity index (χ1) is 6.24. The minimum Gasteiger partial charge on any atom is -0.393 e. The summed E-state index contributed by atoms with van der Waals surface area (Å²) < 4.78 is 5.17. The number of nitrogens with two attached hydrogens (primary N) is 1. The molecule has 0 aliphatic carbocycles. The highest BCUT2D eigenvalue weighted by Gasteiger charge is 2.08. The Morgan fingerprint density at radius 2 is 2.23 bits per heavy atom. The van der Waals surface area contributed by atoms with Crippen LogP contribution in [0.25, 0.3) is 0 Å². The summed E-state index contributed by atoms with van der Waals surface area (Å²) in [7, 11) is 1.65. The summed E-state index contributed by atoms with van der Waals surface area (Å²) in [5, 5.41) is 9.31. The number of nitrogens with zero attached hydrogens (tertiary/aromatic N) is 1. The molecule has 1 unspecified atom stereocenters. The molecule has 0 aliphatic heterocycles. The molecule has 0 bridgehead atoms. The summed E-state index contributed by atoms with van der Waals surface area (Å²) in [6, 6.07) is 0. The van der Waals surface area contributed by atoms with E-state index in [-0.39, 0.29) is 12.2 Å². The Morgan fingerprint density at radius 3 is 2.69 bits per heavy atom. The van der Waals surface area contributed by atoms with Gasteiger partial charge in [0, 0.05) is 7.11 Å². The van der Waals surface area contributed by atoms with Gasteiger partial charge in [-0.1, -0.05) is 6.92 Å². The van der Waals surface area contributed by atoms with Crippen LogP contribution in [-0.2, 0) is 4.74 Å². The molecule has 0 radical (unpaired) electrons. The van der Waals surface area contributed by atoms with Gasteiger partial charge in [0.1, 0.15) is 0 Å². The second-order valence-corrected chi connectivity index (χ2v) is 3.01. The van der Waals surface area contributed by atoms with Crippen molar-refractivity contribution in [1.82, 2.24) is 0 Å². The molecule has 0 aliphatic rings. The van der Waals surface area contributed by atoms with Crippen LogP contribution in [0.3, 0.4) is 0 Å². The molecule has 3 N–H and O–H groups in total. The molecular weight excluding hydrogens is 168 g/mol. The first-order valence-corrected chi connectivity index (χ1v) is 4.65. The molecule has 13 heavy (non-hydrogen) atoms. The van der Waals surface area contributed by atoms with Gasteiger partial charge in [-0.2, -0.15) is 0 Å². The fourth-order valence-electron chi connectivity index (χ4n) is 1.04. The lowest BCUT2D eigenvalue weighted by Crippen LogP contribution is -2.18. The first-order valence-electron chi connectivity index (χ1n) is 4.65. The van der Waals surface area contributed by atoms with Crippen LogP contribution < -0.4 is 5.73 Å². The Hall–Kier alpha value is -0.610. The van der Waals surface area contributed by atoms with E-state index in [1.165, 1.54) is 6.34 Å². The predicted octanol–water partition coefficient (Wildman–Crippen LogP) is 0.539. The maximum atomic E-state index is 9.31. The molecule has 0 saturated heterocycles. The number of hydrogen-bond acceptors (Lipinski definition) is 3. The summed E-state index contributed by atoms with van der Waals surface area (Å²) in [6.07, 6.45) is 3.50. The molecule has 0 heterocycles. The highest BCUT2D eigenvalue weighted by atomic mass is 16.5. The maximum absolute atomic E-state index is 9.31. The van der Waals surface area contributed by atoms with Crippen LogP contribution in [0.4, 0.5) is 0 Å². The quantitative estimate of drug-likeness (QED) is 0.452. The van der Waals surface area contributed by atoms with Gasteiger partial charge in [-0.05, 0) is 19.3 Å². The maximum Gasteiger partial charge on any atom is 0.0798 e. The zero-order chi connectivity index (χ0) is 10.1. The predicted molar refractivity (Wildman–Crippen MR) is 53.9 cm³/mol. The third-order valence-electron chi connectivity index (χ3n) is 2.04. The van der Waals surface area contributed by atoms with Crippen molar-refractivity contribution >= 4 is 6.34 Å². The molecule has 0 fully saturated rings. The lowest BCUT2D eigenvalue weighted by atomic mass is 10.1. The van der Waals surface area contributed by atoms with E-state index in [1.807, 2.05) is 6.92 Å². The van der Waals surface area contributed by atoms with Gasteiger partial charge >= 0.3 is 0 Å². The normalized spacial score (nSPS) is 16.2. The molecule has 4 nitrogen and oxygen atoms in total. The van der Waals surface area contributed by atoms with Crippen LogP contribution >= 0.6 is 0 Å². The topological polar surface area (TPSA) is 67.8 Å². The zero-order valence-electron chi connectivity index (χ0n) is 8.44. The van der Waals surface area contributed by atoms with Crippen LogP contribution in [0.2, 0.25) is 0 Å². The van der Waals surface area contributed by atoms with Crippen LogP contribution in [0.15, 0.2) is 4.99 Å². The van der Waals surface area contributed by atoms with Crippen molar-refractivity contribution in [3.8, 4) is 0 Å². The molecule has 0 amide bonds. The van der Waals surface area contributed by atoms with Crippen molar-refractivity contribution < 1.29 is 9.84 Å². The highest BCUT2D eigenvalue weighted by molar-refractivity contribution is 5.51. The molecular formula is C9H20N2O2. The summed E-state index contributed by atoms with van der Waals surface area (Å²) in [6.45, 7) is 2.54. The molecule has 78 valence electrons. The van der Waals surface area contributed by atoms with Gasteiger partial charge in [0.05, 0.1) is 25.1 Å². The number of methoxy groups -OCH3 is 1. The smallest absolute Gasteiger partial charge is 0.0798 e. The minimum absolute atomic E-state index is 0.0704. The molecule has 0 saturated carbocycles. The SMILES string of the molecule is CC[C@@H](O)CCC(C/N=C\N)OC. The number of aliphatic hydroxyl groups is 1. The number of hydrogen-bond donors (Lipinski definition) is 2. The molecule has 2 atom stereocenters. The van der Waals surface area contributed by atoms with E-state index in [4.69, 9.17) is 10.5 Å². The highest BCUT2D eigenvalue weighted by Crippen LogP contribution is 2.07. The Labute approximate surface area is 79.8 Å². The number of ether oxygens (including phenoxy) is 1. The Balaban J connectivity index is 3.58. The average Bonchev–Trinajstić information content (AvgIpc) is 2.17. The Morgan fingerprint density at radius 1 is 1.54 bits per heavy atom. The molecule has 0 spiro atoms. The van der Waals surface area contributed by atoms with E-state index in [1.54, 1.807) is 7.11 Å². The second kappa shape index (κ2) is 8.01. The first kappa shape index (κ1) is 12.4. The lowest BCUT2D eigenvalue weighted by Gasteiger charge is -2.14. The van der Waals surface area contributed by atoms with E-state index >= 15 is 0 Å². The average molecular weight is 188 g/mol. The van der Waals surface area contributed by atoms with Crippen LogP contribution in [0, 0.1) is 0 Å². The van der Waals surface area contributed by atoms with Gasteiger partial charge in [0.15, 0.2) is 0 Å². The van der Waals surface area contributed by atoms with Gasteiger partial charge in [-0.15, -0.1) is 0 Å². The van der Waals surface area contributed by atoms with E-state index in [0.29, 0.717) is 6.54 Å². The van der Waals surface area contributed by atoms with Crippen LogP contribution in [0.5, 0.6) is 0 Å². The lowest BCUT2D eigenvalue weighted by molar-refractivity contribution is 0.0781. The number of aliphatic hydroxyl groups excluding tert-OH is 1. The van der Waals surface area contributed by atoms with Crippen molar-refractivity contribution in [2.75, 3.05) is 13.7 Å². The van der Waals surface area contributed by atoms with Crippen molar-refractivity contribution in [2.24, 2.45) is 10.7 Å². The van der Waals surface area contributed by atoms with Gasteiger partial charge in [0.2, 0.25) is 0 Å². The molecule has 0 aromatic heterocycles. The molecule has 0 rings (SSSR count). The number of rotatable bonds is 7. The van der Waals surface area contributed by atoms with E-state index < -0.39 is 0 Å². The molecule has 0 aromatic carbocycles. The fourth-order valence-corrected chi connectivity index (χ4v) is 1.04. The summed E-state index contributed by atoms with van der Waals surface area (Å²) in [5.74, 6) is 0. The third-order valence-corrected chi connectivity index (χ3v) is 2.04. The summed E-state index contributed by atoms with van der Waals surface area (Å²) >= 11 is 0. The zero-order valence-corrected chi connectivity index (χ0v) is 8.44. The summed E-state index contributed by atoms with van der Waals surface area (Å²) in [5.41, 5.74) is 5.12. The third kappa shape index (κ3) is 6.54. The Kier molecular flexibility index (Phi) is 7.63. The van der Waals surface area contributed by atoms with Crippen LogP contribution in [-0.4, -0.2) is 37.3 Å². The van der Waals surface area contributed by atoms with Crippen molar-refractivity contribution in [3.63, 3.8) is 0 Å². The van der Waals surface area contributed by atoms with Crippen molar-refractivity contribution in [3.05, 3.63) is 0 Å². The molecule has 4 heteroatoms. The van der Waals surface area contributed by atoms with E-state index in [0.717, 1.165) is 19.3 Å². The van der Waals surface area contributed by atoms with Crippen LogP contribution in [0.1, 0.15) is 26.2 Å². The monoisotopic (exact) mass is 188 g/mol. The molecule has 0 aromatic rings. The van der Waals surface area contributed by atoms with Gasteiger partial charge < -0.3 is 15.6 Å².